The minimum Gasteiger partial charge on any atom is -0.497 e. The fourth-order valence-corrected chi connectivity index (χ4v) is 4.18. The zero-order valence-corrected chi connectivity index (χ0v) is 21.2. The molecule has 0 aliphatic rings. The van der Waals surface area contributed by atoms with Gasteiger partial charge < -0.3 is 4.74 Å². The number of rotatable bonds is 9. The van der Waals surface area contributed by atoms with Crippen molar-refractivity contribution in [2.45, 2.75) is 19.0 Å². The number of methoxy groups -OCH3 is 1. The first-order valence-electron chi connectivity index (χ1n) is 11.4. The zero-order chi connectivity index (χ0) is 25.3. The molecule has 36 heavy (non-hydrogen) atoms. The largest absolute Gasteiger partial charge is 0.497 e. The third-order valence-electron chi connectivity index (χ3n) is 5.26. The van der Waals surface area contributed by atoms with Crippen molar-refractivity contribution in [2.75, 3.05) is 12.9 Å². The van der Waals surface area contributed by atoms with Crippen molar-refractivity contribution in [1.29, 1.82) is 0 Å². The monoisotopic (exact) mass is 497 g/mol. The Morgan fingerprint density at radius 2 is 1.75 bits per heavy atom. The van der Waals surface area contributed by atoms with Crippen molar-refractivity contribution < 1.29 is 9.53 Å². The van der Waals surface area contributed by atoms with Crippen molar-refractivity contribution in [2.24, 2.45) is 5.10 Å². The molecule has 4 aromatic rings. The molecule has 8 heteroatoms. The Morgan fingerprint density at radius 3 is 2.44 bits per heavy atom. The lowest BCUT2D eigenvalue weighted by molar-refractivity contribution is -0.118. The van der Waals surface area contributed by atoms with Gasteiger partial charge in [0.1, 0.15) is 5.75 Å². The number of aryl methyl sites for hydroxylation is 1. The predicted octanol–water partition coefficient (Wildman–Crippen LogP) is 5.55. The molecule has 0 saturated heterocycles. The summed E-state index contributed by atoms with van der Waals surface area (Å²) in [5.41, 5.74) is 7.56. The summed E-state index contributed by atoms with van der Waals surface area (Å²) in [6.07, 6.45) is 3.62. The first-order valence-corrected chi connectivity index (χ1v) is 12.4. The zero-order valence-electron chi connectivity index (χ0n) is 20.4. The van der Waals surface area contributed by atoms with Gasteiger partial charge in [0.25, 0.3) is 5.91 Å². The van der Waals surface area contributed by atoms with E-state index in [0.717, 1.165) is 33.7 Å². The average molecular weight is 498 g/mol. The van der Waals surface area contributed by atoms with Gasteiger partial charge in [0.2, 0.25) is 0 Å². The maximum absolute atomic E-state index is 12.5. The average Bonchev–Trinajstić information content (AvgIpc) is 3.32. The Balaban J connectivity index is 1.48. The molecule has 1 N–H and O–H groups in total. The van der Waals surface area contributed by atoms with Gasteiger partial charge in [0.15, 0.2) is 11.0 Å². The van der Waals surface area contributed by atoms with Crippen LogP contribution in [0.5, 0.6) is 5.75 Å². The number of aromatic nitrogens is 3. The Hall–Kier alpha value is -4.17. The van der Waals surface area contributed by atoms with E-state index in [2.05, 4.69) is 20.7 Å². The smallest absolute Gasteiger partial charge is 0.250 e. The third-order valence-corrected chi connectivity index (χ3v) is 6.19. The van der Waals surface area contributed by atoms with E-state index in [1.54, 1.807) is 13.3 Å². The van der Waals surface area contributed by atoms with Gasteiger partial charge in [-0.2, -0.15) is 5.10 Å². The number of benzene rings is 3. The summed E-state index contributed by atoms with van der Waals surface area (Å²) < 4.78 is 7.24. The maximum Gasteiger partial charge on any atom is 0.250 e. The van der Waals surface area contributed by atoms with E-state index in [1.807, 2.05) is 103 Å². The topological polar surface area (TPSA) is 81.4 Å². The van der Waals surface area contributed by atoms with Crippen molar-refractivity contribution in [3.05, 3.63) is 95.6 Å². The predicted molar refractivity (Wildman–Crippen MR) is 146 cm³/mol. The summed E-state index contributed by atoms with van der Waals surface area (Å²) in [6, 6.07) is 25.7. The van der Waals surface area contributed by atoms with Gasteiger partial charge in [0.05, 0.1) is 19.1 Å². The van der Waals surface area contributed by atoms with Crippen molar-refractivity contribution >= 4 is 30.0 Å². The van der Waals surface area contributed by atoms with Crippen molar-refractivity contribution in [3.63, 3.8) is 0 Å². The van der Waals surface area contributed by atoms with Crippen LogP contribution in [-0.2, 0) is 4.79 Å². The number of hydrogen-bond acceptors (Lipinski definition) is 6. The highest BCUT2D eigenvalue weighted by Gasteiger charge is 2.17. The second kappa shape index (κ2) is 12.0. The number of carbonyl (C=O) groups is 1. The molecule has 1 heterocycles. The van der Waals surface area contributed by atoms with Crippen LogP contribution in [0.4, 0.5) is 0 Å². The molecule has 0 fully saturated rings. The molecule has 7 nitrogen and oxygen atoms in total. The molecule has 3 aromatic carbocycles. The Bertz CT molecular complexity index is 1360. The van der Waals surface area contributed by atoms with Crippen LogP contribution in [0, 0.1) is 6.92 Å². The highest BCUT2D eigenvalue weighted by Crippen LogP contribution is 2.29. The number of thioether (sulfide) groups is 1. The highest BCUT2D eigenvalue weighted by atomic mass is 32.2. The SMILES string of the molecule is COc1ccc(-n2c(SCC(=O)N/N=C/C(C)=C/c3ccccc3)nnc2-c2ccc(C)cc2)cc1. The summed E-state index contributed by atoms with van der Waals surface area (Å²) in [7, 11) is 1.63. The van der Waals surface area contributed by atoms with Crippen LogP contribution < -0.4 is 10.2 Å². The highest BCUT2D eigenvalue weighted by molar-refractivity contribution is 7.99. The van der Waals surface area contributed by atoms with Gasteiger partial charge in [-0.05, 0) is 49.2 Å². The van der Waals surface area contributed by atoms with Gasteiger partial charge in [-0.1, -0.05) is 78.0 Å². The van der Waals surface area contributed by atoms with Gasteiger partial charge in [0, 0.05) is 11.3 Å². The summed E-state index contributed by atoms with van der Waals surface area (Å²) in [5, 5.41) is 13.5. The number of allylic oxidation sites excluding steroid dienone is 1. The fourth-order valence-electron chi connectivity index (χ4n) is 3.43. The van der Waals surface area contributed by atoms with Gasteiger partial charge >= 0.3 is 0 Å². The normalized spacial score (nSPS) is 11.6. The number of nitrogens with one attached hydrogen (secondary N) is 1. The lowest BCUT2D eigenvalue weighted by atomic mass is 10.1. The van der Waals surface area contributed by atoms with Crippen molar-refractivity contribution in [1.82, 2.24) is 20.2 Å². The van der Waals surface area contributed by atoms with Gasteiger partial charge in [-0.3, -0.25) is 9.36 Å². The van der Waals surface area contributed by atoms with E-state index in [0.29, 0.717) is 11.0 Å². The number of nitrogens with zero attached hydrogens (tertiary/aromatic N) is 4. The first kappa shape index (κ1) is 24.9. The second-order valence-electron chi connectivity index (χ2n) is 8.09. The Kier molecular flexibility index (Phi) is 8.31. The lowest BCUT2D eigenvalue weighted by Gasteiger charge is -2.11. The van der Waals surface area contributed by atoms with Crippen LogP contribution in [0.2, 0.25) is 0 Å². The van der Waals surface area contributed by atoms with Crippen LogP contribution in [0.25, 0.3) is 23.2 Å². The number of hydrazone groups is 1. The molecule has 0 aliphatic heterocycles. The summed E-state index contributed by atoms with van der Waals surface area (Å²) in [4.78, 5) is 12.5. The molecular formula is C28H27N5O2S. The van der Waals surface area contributed by atoms with E-state index < -0.39 is 0 Å². The molecule has 0 saturated carbocycles. The molecule has 0 bridgehead atoms. The first-order chi connectivity index (χ1) is 17.5. The summed E-state index contributed by atoms with van der Waals surface area (Å²) in [6.45, 7) is 3.97. The van der Waals surface area contributed by atoms with Crippen LogP contribution in [-0.4, -0.2) is 39.7 Å². The van der Waals surface area contributed by atoms with Crippen molar-refractivity contribution in [3.8, 4) is 22.8 Å². The minimum absolute atomic E-state index is 0.140. The quantitative estimate of drug-likeness (QED) is 0.186. The number of carbonyl (C=O) groups excluding carboxylic acids is 1. The molecule has 4 rings (SSSR count). The number of ether oxygens (including phenoxy) is 1. The molecule has 0 unspecified atom stereocenters. The lowest BCUT2D eigenvalue weighted by Crippen LogP contribution is -2.20. The molecule has 182 valence electrons. The van der Waals surface area contributed by atoms with E-state index >= 15 is 0 Å². The molecule has 1 amide bonds. The molecule has 0 aliphatic carbocycles. The second-order valence-corrected chi connectivity index (χ2v) is 9.03. The molecule has 0 radical (unpaired) electrons. The standard InChI is InChI=1S/C28H27N5O2S/c1-20-9-11-23(12-10-20)27-31-32-28(33(27)24-13-15-25(35-3)16-14-24)36-19-26(34)30-29-18-21(2)17-22-7-5-4-6-8-22/h4-18H,19H2,1-3H3,(H,30,34)/b21-17+,29-18+. The summed E-state index contributed by atoms with van der Waals surface area (Å²) in [5.74, 6) is 1.36. The number of amides is 1. The van der Waals surface area contributed by atoms with Crippen LogP contribution >= 0.6 is 11.8 Å². The molecule has 0 spiro atoms. The van der Waals surface area contributed by atoms with E-state index in [9.17, 15) is 4.79 Å². The van der Waals surface area contributed by atoms with Crippen LogP contribution in [0.3, 0.4) is 0 Å². The van der Waals surface area contributed by atoms with Crippen LogP contribution in [0.1, 0.15) is 18.1 Å². The van der Waals surface area contributed by atoms with Gasteiger partial charge in [-0.25, -0.2) is 5.43 Å². The maximum atomic E-state index is 12.5. The Morgan fingerprint density at radius 1 is 1.03 bits per heavy atom. The van der Waals surface area contributed by atoms with E-state index in [-0.39, 0.29) is 11.7 Å². The molecule has 0 atom stereocenters. The Labute approximate surface area is 214 Å². The van der Waals surface area contributed by atoms with E-state index in [1.165, 1.54) is 11.8 Å². The minimum atomic E-state index is -0.232. The number of hydrogen-bond donors (Lipinski definition) is 1. The van der Waals surface area contributed by atoms with Crippen LogP contribution in [0.15, 0.2) is 94.7 Å². The molecule has 1 aromatic heterocycles. The van der Waals surface area contributed by atoms with E-state index in [4.69, 9.17) is 4.74 Å². The molecular weight excluding hydrogens is 470 g/mol. The third kappa shape index (κ3) is 6.49. The fraction of sp³-hybridized carbons (Fsp3) is 0.143. The van der Waals surface area contributed by atoms with Gasteiger partial charge in [-0.15, -0.1) is 10.2 Å². The summed E-state index contributed by atoms with van der Waals surface area (Å²) >= 11 is 1.30.